The van der Waals surface area contributed by atoms with Crippen molar-refractivity contribution < 1.29 is 4.79 Å². The van der Waals surface area contributed by atoms with Crippen LogP contribution >= 0.6 is 11.8 Å². The van der Waals surface area contributed by atoms with Crippen molar-refractivity contribution in [3.8, 4) is 11.4 Å². The lowest BCUT2D eigenvalue weighted by Gasteiger charge is -2.30. The summed E-state index contributed by atoms with van der Waals surface area (Å²) in [7, 11) is 0. The molecule has 1 aromatic heterocycles. The molecule has 2 aromatic rings. The van der Waals surface area contributed by atoms with Gasteiger partial charge in [0.15, 0.2) is 11.0 Å². The summed E-state index contributed by atoms with van der Waals surface area (Å²) < 4.78 is 2.10. The van der Waals surface area contributed by atoms with E-state index < -0.39 is 0 Å². The summed E-state index contributed by atoms with van der Waals surface area (Å²) in [6.07, 6.45) is 2.33. The topological polar surface area (TPSA) is 54.3 Å². The van der Waals surface area contributed by atoms with Crippen molar-refractivity contribution in [2.75, 3.05) is 36.8 Å². The van der Waals surface area contributed by atoms with Crippen molar-refractivity contribution in [3.63, 3.8) is 0 Å². The number of benzene rings is 1. The molecule has 3 rings (SSSR count). The Morgan fingerprint density at radius 3 is 2.52 bits per heavy atom. The van der Waals surface area contributed by atoms with E-state index in [-0.39, 0.29) is 5.91 Å². The second kappa shape index (κ2) is 10.1. The van der Waals surface area contributed by atoms with Crippen molar-refractivity contribution in [1.82, 2.24) is 19.7 Å². The lowest BCUT2D eigenvalue weighted by Crippen LogP contribution is -2.40. The molecule has 6 nitrogen and oxygen atoms in total. The van der Waals surface area contributed by atoms with Crippen LogP contribution in [0.15, 0.2) is 29.4 Å². The van der Waals surface area contributed by atoms with Gasteiger partial charge in [0.1, 0.15) is 0 Å². The molecule has 1 unspecified atom stereocenters. The van der Waals surface area contributed by atoms with Crippen LogP contribution in [0.25, 0.3) is 11.4 Å². The Labute approximate surface area is 178 Å². The fourth-order valence-electron chi connectivity index (χ4n) is 3.94. The first-order chi connectivity index (χ1) is 14.1. The van der Waals surface area contributed by atoms with Gasteiger partial charge < -0.3 is 14.4 Å². The minimum atomic E-state index is 0.206. The number of nitrogens with zero attached hydrogens (tertiary/aromatic N) is 5. The van der Waals surface area contributed by atoms with E-state index in [2.05, 4.69) is 71.6 Å². The first kappa shape index (κ1) is 21.7. The van der Waals surface area contributed by atoms with Crippen molar-refractivity contribution in [1.29, 1.82) is 0 Å². The average Bonchev–Trinajstić information content (AvgIpc) is 3.16. The molecule has 7 heteroatoms. The van der Waals surface area contributed by atoms with Gasteiger partial charge in [0.05, 0.1) is 5.75 Å². The molecule has 0 N–H and O–H groups in total. The predicted octanol–water partition coefficient (Wildman–Crippen LogP) is 4.16. The van der Waals surface area contributed by atoms with E-state index in [0.29, 0.717) is 11.7 Å². The maximum atomic E-state index is 12.6. The third-order valence-electron chi connectivity index (χ3n) is 5.62. The number of amides is 1. The first-order valence-corrected chi connectivity index (χ1v) is 11.7. The largest absolute Gasteiger partial charge is 0.372 e. The number of piperidine rings is 1. The molecular weight excluding hydrogens is 382 g/mol. The highest BCUT2D eigenvalue weighted by Gasteiger charge is 2.22. The highest BCUT2D eigenvalue weighted by atomic mass is 32.2. The zero-order chi connectivity index (χ0) is 20.8. The van der Waals surface area contributed by atoms with Crippen molar-refractivity contribution in [2.24, 2.45) is 5.92 Å². The standard InChI is InChI=1S/C22H33N5OS/c1-5-25(6-2)19-12-10-18(11-13-19)21-23-24-22(27(21)7-3)29-16-20(28)26-14-8-9-17(4)15-26/h10-13,17H,5-9,14-16H2,1-4H3. The molecular formula is C22H33N5OS. The van der Waals surface area contributed by atoms with Crippen LogP contribution in [0.1, 0.15) is 40.5 Å². The molecule has 1 amide bonds. The fourth-order valence-corrected chi connectivity index (χ4v) is 4.84. The number of carbonyl (C=O) groups excluding carboxylic acids is 1. The maximum absolute atomic E-state index is 12.6. The molecule has 0 bridgehead atoms. The van der Waals surface area contributed by atoms with Crippen LogP contribution in [0, 0.1) is 5.92 Å². The molecule has 1 aromatic carbocycles. The minimum absolute atomic E-state index is 0.206. The number of likely N-dealkylation sites (tertiary alicyclic amines) is 1. The van der Waals surface area contributed by atoms with Crippen LogP contribution in [0.3, 0.4) is 0 Å². The van der Waals surface area contributed by atoms with E-state index in [1.165, 1.54) is 23.9 Å². The van der Waals surface area contributed by atoms with Gasteiger partial charge in [-0.15, -0.1) is 10.2 Å². The SMILES string of the molecule is CCN(CC)c1ccc(-c2nnc(SCC(=O)N3CCCC(C)C3)n2CC)cc1. The predicted molar refractivity (Wildman–Crippen MR) is 120 cm³/mol. The van der Waals surface area contributed by atoms with Crippen LogP contribution in [0.2, 0.25) is 0 Å². The van der Waals surface area contributed by atoms with E-state index in [4.69, 9.17) is 0 Å². The van der Waals surface area contributed by atoms with E-state index in [0.717, 1.165) is 55.7 Å². The Balaban J connectivity index is 1.69. The van der Waals surface area contributed by atoms with Gasteiger partial charge in [-0.25, -0.2) is 0 Å². The molecule has 1 aliphatic heterocycles. The number of rotatable bonds is 8. The molecule has 2 heterocycles. The normalized spacial score (nSPS) is 16.8. The Kier molecular flexibility index (Phi) is 7.58. The Hall–Kier alpha value is -2.02. The molecule has 1 aliphatic rings. The van der Waals surface area contributed by atoms with Crippen LogP contribution < -0.4 is 4.90 Å². The first-order valence-electron chi connectivity index (χ1n) is 10.8. The van der Waals surface area contributed by atoms with Gasteiger partial charge in [0.2, 0.25) is 5.91 Å². The summed E-state index contributed by atoms with van der Waals surface area (Å²) in [4.78, 5) is 16.9. The third-order valence-corrected chi connectivity index (χ3v) is 6.57. The highest BCUT2D eigenvalue weighted by molar-refractivity contribution is 7.99. The van der Waals surface area contributed by atoms with Gasteiger partial charge in [0, 0.05) is 44.0 Å². The second-order valence-corrected chi connectivity index (χ2v) is 8.59. The zero-order valence-electron chi connectivity index (χ0n) is 18.1. The van der Waals surface area contributed by atoms with E-state index in [9.17, 15) is 4.79 Å². The van der Waals surface area contributed by atoms with Gasteiger partial charge >= 0.3 is 0 Å². The van der Waals surface area contributed by atoms with Crippen molar-refractivity contribution in [3.05, 3.63) is 24.3 Å². The van der Waals surface area contributed by atoms with Gasteiger partial charge in [-0.1, -0.05) is 18.7 Å². The molecule has 0 radical (unpaired) electrons. The maximum Gasteiger partial charge on any atom is 0.233 e. The van der Waals surface area contributed by atoms with Gasteiger partial charge in [-0.3, -0.25) is 4.79 Å². The fraction of sp³-hybridized carbons (Fsp3) is 0.591. The summed E-state index contributed by atoms with van der Waals surface area (Å²) in [5.41, 5.74) is 2.27. The van der Waals surface area contributed by atoms with E-state index in [1.807, 2.05) is 4.90 Å². The molecule has 1 fully saturated rings. The van der Waals surface area contributed by atoms with Crippen molar-refractivity contribution >= 4 is 23.4 Å². The van der Waals surface area contributed by atoms with Crippen LogP contribution in [-0.2, 0) is 11.3 Å². The van der Waals surface area contributed by atoms with Gasteiger partial charge in [-0.2, -0.15) is 0 Å². The van der Waals surface area contributed by atoms with Crippen LogP contribution in [0.4, 0.5) is 5.69 Å². The van der Waals surface area contributed by atoms with Crippen molar-refractivity contribution in [2.45, 2.75) is 52.2 Å². The summed E-state index contributed by atoms with van der Waals surface area (Å²) in [5.74, 6) is 2.09. The molecule has 0 spiro atoms. The number of hydrogen-bond acceptors (Lipinski definition) is 5. The lowest BCUT2D eigenvalue weighted by molar-refractivity contribution is -0.130. The third kappa shape index (κ3) is 5.13. The minimum Gasteiger partial charge on any atom is -0.372 e. The molecule has 29 heavy (non-hydrogen) atoms. The smallest absolute Gasteiger partial charge is 0.233 e. The summed E-state index contributed by atoms with van der Waals surface area (Å²) in [6, 6.07) is 8.51. The summed E-state index contributed by atoms with van der Waals surface area (Å²) >= 11 is 1.50. The summed E-state index contributed by atoms with van der Waals surface area (Å²) in [6.45, 7) is 13.2. The Morgan fingerprint density at radius 1 is 1.17 bits per heavy atom. The highest BCUT2D eigenvalue weighted by Crippen LogP contribution is 2.26. The van der Waals surface area contributed by atoms with E-state index >= 15 is 0 Å². The second-order valence-electron chi connectivity index (χ2n) is 7.65. The Bertz CT molecular complexity index is 800. The van der Waals surface area contributed by atoms with Gasteiger partial charge in [-0.05, 0) is 63.8 Å². The molecule has 0 saturated carbocycles. The quantitative estimate of drug-likeness (QED) is 0.606. The number of carbonyl (C=O) groups is 1. The van der Waals surface area contributed by atoms with E-state index in [1.54, 1.807) is 0 Å². The molecule has 158 valence electrons. The van der Waals surface area contributed by atoms with Crippen LogP contribution in [-0.4, -0.2) is 57.5 Å². The van der Waals surface area contributed by atoms with Crippen LogP contribution in [0.5, 0.6) is 0 Å². The zero-order valence-corrected chi connectivity index (χ0v) is 18.9. The Morgan fingerprint density at radius 2 is 1.90 bits per heavy atom. The number of aromatic nitrogens is 3. The van der Waals surface area contributed by atoms with Gasteiger partial charge in [0.25, 0.3) is 0 Å². The molecule has 1 saturated heterocycles. The average molecular weight is 416 g/mol. The molecule has 1 atom stereocenters. The monoisotopic (exact) mass is 415 g/mol. The lowest BCUT2D eigenvalue weighted by atomic mass is 10.0. The molecule has 0 aliphatic carbocycles. The number of hydrogen-bond donors (Lipinski definition) is 0. The number of thioether (sulfide) groups is 1. The number of anilines is 1. The summed E-state index contributed by atoms with van der Waals surface area (Å²) in [5, 5.41) is 9.62.